The number of fused-ring (bicyclic) bond motifs is 1. The molecule has 4 amide bonds. The number of carbonyl (C=O) groups is 3. The molecule has 32 heavy (non-hydrogen) atoms. The van der Waals surface area contributed by atoms with E-state index >= 15 is 0 Å². The van der Waals surface area contributed by atoms with Crippen LogP contribution in [0.5, 0.6) is 11.5 Å². The minimum atomic E-state index is -1.16. The molecule has 9 heteroatoms. The lowest BCUT2D eigenvalue weighted by atomic mass is 9.92. The zero-order valence-electron chi connectivity index (χ0n) is 17.5. The second kappa shape index (κ2) is 7.67. The molecule has 164 valence electrons. The van der Waals surface area contributed by atoms with E-state index in [1.54, 1.807) is 19.1 Å². The molecule has 1 unspecified atom stereocenters. The van der Waals surface area contributed by atoms with Crippen LogP contribution in [0, 0.1) is 0 Å². The normalized spacial score (nSPS) is 21.7. The molecule has 3 aliphatic heterocycles. The van der Waals surface area contributed by atoms with Gasteiger partial charge in [0.2, 0.25) is 6.79 Å². The van der Waals surface area contributed by atoms with Gasteiger partial charge in [0.25, 0.3) is 11.8 Å². The third kappa shape index (κ3) is 3.55. The van der Waals surface area contributed by atoms with Crippen molar-refractivity contribution in [1.29, 1.82) is 0 Å². The highest BCUT2D eigenvalue weighted by atomic mass is 16.7. The minimum absolute atomic E-state index is 0.159. The molecular formula is C23H22N4O5. The van der Waals surface area contributed by atoms with Gasteiger partial charge in [-0.1, -0.05) is 36.4 Å². The summed E-state index contributed by atoms with van der Waals surface area (Å²) >= 11 is 0. The first-order valence-corrected chi connectivity index (χ1v) is 10.4. The van der Waals surface area contributed by atoms with Gasteiger partial charge < -0.3 is 14.8 Å². The molecule has 1 fully saturated rings. The fraction of sp³-hybridized carbons (Fsp3) is 0.304. The third-order valence-corrected chi connectivity index (χ3v) is 5.83. The molecule has 3 aliphatic rings. The average molecular weight is 434 g/mol. The summed E-state index contributed by atoms with van der Waals surface area (Å²) < 4.78 is 10.7. The summed E-state index contributed by atoms with van der Waals surface area (Å²) in [7, 11) is 0. The standard InChI is InChI=1S/C23H22N4O5/c1-23(12-15-7-8-18-19(11-15)32-14-31-18)21(29)26(22(30)24-23)13-20(28)27-10-9-17(25-27)16-5-3-2-4-6-16/h2-8,11H,9-10,12-14H2,1H3,(H,24,30). The Balaban J connectivity index is 1.27. The van der Waals surface area contributed by atoms with Crippen molar-refractivity contribution < 1.29 is 23.9 Å². The number of nitrogens with one attached hydrogen (secondary N) is 1. The monoisotopic (exact) mass is 434 g/mol. The van der Waals surface area contributed by atoms with Crippen LogP contribution in [0.15, 0.2) is 53.6 Å². The SMILES string of the molecule is CC1(Cc2ccc3c(c2)OCO3)NC(=O)N(CC(=O)N2CCC(c3ccccc3)=N2)C1=O. The van der Waals surface area contributed by atoms with Crippen molar-refractivity contribution in [2.75, 3.05) is 19.9 Å². The zero-order valence-corrected chi connectivity index (χ0v) is 17.5. The number of imide groups is 1. The molecule has 0 radical (unpaired) electrons. The lowest BCUT2D eigenvalue weighted by molar-refractivity contribution is -0.138. The fourth-order valence-corrected chi connectivity index (χ4v) is 4.16. The lowest BCUT2D eigenvalue weighted by Gasteiger charge is -2.22. The maximum Gasteiger partial charge on any atom is 0.325 e. The van der Waals surface area contributed by atoms with Gasteiger partial charge in [-0.15, -0.1) is 0 Å². The summed E-state index contributed by atoms with van der Waals surface area (Å²) in [6, 6.07) is 14.4. The Morgan fingerprint density at radius 3 is 2.72 bits per heavy atom. The summed E-state index contributed by atoms with van der Waals surface area (Å²) in [6.45, 7) is 1.88. The first kappa shape index (κ1) is 20.0. The van der Waals surface area contributed by atoms with E-state index in [-0.39, 0.29) is 19.8 Å². The van der Waals surface area contributed by atoms with E-state index in [0.29, 0.717) is 24.5 Å². The van der Waals surface area contributed by atoms with Crippen LogP contribution in [0.1, 0.15) is 24.5 Å². The second-order valence-corrected chi connectivity index (χ2v) is 8.20. The van der Waals surface area contributed by atoms with E-state index in [1.807, 2.05) is 36.4 Å². The molecule has 0 saturated carbocycles. The van der Waals surface area contributed by atoms with Crippen molar-refractivity contribution in [1.82, 2.24) is 15.2 Å². The highest BCUT2D eigenvalue weighted by Gasteiger charge is 2.48. The lowest BCUT2D eigenvalue weighted by Crippen LogP contribution is -2.46. The number of hydrazone groups is 1. The van der Waals surface area contributed by atoms with Gasteiger partial charge in [0.15, 0.2) is 11.5 Å². The van der Waals surface area contributed by atoms with Crippen LogP contribution in [0.4, 0.5) is 4.79 Å². The predicted octanol–water partition coefficient (Wildman–Crippen LogP) is 1.90. The Hall–Kier alpha value is -3.88. The number of urea groups is 1. The molecule has 5 rings (SSSR count). The minimum Gasteiger partial charge on any atom is -0.454 e. The van der Waals surface area contributed by atoms with E-state index in [1.165, 1.54) is 5.01 Å². The molecular weight excluding hydrogens is 412 g/mol. The molecule has 0 aliphatic carbocycles. The Morgan fingerprint density at radius 1 is 1.12 bits per heavy atom. The Kier molecular flexibility index (Phi) is 4.80. The van der Waals surface area contributed by atoms with Crippen molar-refractivity contribution in [2.45, 2.75) is 25.3 Å². The highest BCUT2D eigenvalue weighted by molar-refractivity contribution is 6.09. The first-order chi connectivity index (χ1) is 15.4. The van der Waals surface area contributed by atoms with E-state index in [9.17, 15) is 14.4 Å². The van der Waals surface area contributed by atoms with Crippen molar-refractivity contribution >= 4 is 23.6 Å². The van der Waals surface area contributed by atoms with Gasteiger partial charge >= 0.3 is 6.03 Å². The van der Waals surface area contributed by atoms with Gasteiger partial charge in [-0.2, -0.15) is 5.10 Å². The van der Waals surface area contributed by atoms with Crippen molar-refractivity contribution in [3.05, 3.63) is 59.7 Å². The number of rotatable bonds is 5. The Bertz CT molecular complexity index is 1130. The molecule has 0 aromatic heterocycles. The Morgan fingerprint density at radius 2 is 1.91 bits per heavy atom. The number of amides is 4. The number of hydrogen-bond donors (Lipinski definition) is 1. The molecule has 1 saturated heterocycles. The van der Waals surface area contributed by atoms with Crippen LogP contribution in [-0.2, 0) is 16.0 Å². The van der Waals surface area contributed by atoms with Gasteiger partial charge in [-0.25, -0.2) is 9.80 Å². The van der Waals surface area contributed by atoms with E-state index < -0.39 is 23.4 Å². The molecule has 0 spiro atoms. The van der Waals surface area contributed by atoms with E-state index in [0.717, 1.165) is 21.7 Å². The molecule has 9 nitrogen and oxygen atoms in total. The van der Waals surface area contributed by atoms with Crippen LogP contribution < -0.4 is 14.8 Å². The second-order valence-electron chi connectivity index (χ2n) is 8.20. The van der Waals surface area contributed by atoms with E-state index in [4.69, 9.17) is 9.47 Å². The van der Waals surface area contributed by atoms with E-state index in [2.05, 4.69) is 10.4 Å². The Labute approximate surface area is 184 Å². The molecule has 0 bridgehead atoms. The molecule has 2 aromatic rings. The fourth-order valence-electron chi connectivity index (χ4n) is 4.16. The summed E-state index contributed by atoms with van der Waals surface area (Å²) in [6.07, 6.45) is 0.886. The van der Waals surface area contributed by atoms with Gasteiger partial charge in [-0.3, -0.25) is 14.5 Å². The number of ether oxygens (including phenoxy) is 2. The van der Waals surface area contributed by atoms with Crippen LogP contribution >= 0.6 is 0 Å². The highest BCUT2D eigenvalue weighted by Crippen LogP contribution is 2.34. The molecule has 2 aromatic carbocycles. The summed E-state index contributed by atoms with van der Waals surface area (Å²) in [4.78, 5) is 39.4. The van der Waals surface area contributed by atoms with Crippen LogP contribution in [-0.4, -0.2) is 58.9 Å². The molecule has 1 N–H and O–H groups in total. The van der Waals surface area contributed by atoms with Crippen molar-refractivity contribution in [2.24, 2.45) is 5.10 Å². The first-order valence-electron chi connectivity index (χ1n) is 10.4. The number of benzene rings is 2. The quantitative estimate of drug-likeness (QED) is 0.725. The predicted molar refractivity (Wildman–Crippen MR) is 114 cm³/mol. The summed E-state index contributed by atoms with van der Waals surface area (Å²) in [5, 5.41) is 8.46. The largest absolute Gasteiger partial charge is 0.454 e. The number of carbonyl (C=O) groups excluding carboxylic acids is 3. The zero-order chi connectivity index (χ0) is 22.3. The van der Waals surface area contributed by atoms with Crippen LogP contribution in [0.25, 0.3) is 0 Å². The van der Waals surface area contributed by atoms with Crippen molar-refractivity contribution in [3.8, 4) is 11.5 Å². The van der Waals surface area contributed by atoms with Gasteiger partial charge in [-0.05, 0) is 30.2 Å². The topological polar surface area (TPSA) is 101 Å². The van der Waals surface area contributed by atoms with Gasteiger partial charge in [0, 0.05) is 12.8 Å². The van der Waals surface area contributed by atoms with Gasteiger partial charge in [0.05, 0.1) is 12.3 Å². The van der Waals surface area contributed by atoms with Crippen LogP contribution in [0.2, 0.25) is 0 Å². The maximum absolute atomic E-state index is 13.1. The molecule has 1 atom stereocenters. The average Bonchev–Trinajstić information content (AvgIpc) is 3.50. The number of nitrogens with zero attached hydrogens (tertiary/aromatic N) is 3. The summed E-state index contributed by atoms with van der Waals surface area (Å²) in [5.41, 5.74) is 1.42. The van der Waals surface area contributed by atoms with Crippen molar-refractivity contribution in [3.63, 3.8) is 0 Å². The third-order valence-electron chi connectivity index (χ3n) is 5.83. The van der Waals surface area contributed by atoms with Crippen LogP contribution in [0.3, 0.4) is 0 Å². The van der Waals surface area contributed by atoms with Gasteiger partial charge in [0.1, 0.15) is 12.1 Å². The molecule has 3 heterocycles. The maximum atomic E-state index is 13.1. The summed E-state index contributed by atoms with van der Waals surface area (Å²) in [5.74, 6) is 0.414. The number of hydrogen-bond acceptors (Lipinski definition) is 6. The smallest absolute Gasteiger partial charge is 0.325 e.